The average Bonchev–Trinajstić information content (AvgIpc) is 2.46. The molecule has 0 bridgehead atoms. The highest BCUT2D eigenvalue weighted by molar-refractivity contribution is 5.54. The van der Waals surface area contributed by atoms with E-state index < -0.39 is 21.2 Å². The average molecular weight is 295 g/mol. The molecule has 0 fully saturated rings. The minimum atomic E-state index is -0.738. The summed E-state index contributed by atoms with van der Waals surface area (Å²) in [4.78, 5) is 20.1. The van der Waals surface area contributed by atoms with Crippen LogP contribution in [-0.4, -0.2) is 16.5 Å². The zero-order chi connectivity index (χ0) is 15.7. The molecular weight excluding hydrogens is 276 g/mol. The van der Waals surface area contributed by atoms with E-state index in [0.717, 1.165) is 37.7 Å². The van der Waals surface area contributed by atoms with Gasteiger partial charge in [-0.15, -0.1) is 0 Å². The zero-order valence-electron chi connectivity index (χ0n) is 11.8. The van der Waals surface area contributed by atoms with Gasteiger partial charge in [-0.25, -0.2) is 5.11 Å². The number of nitrogens with zero attached hydrogens (tertiary/aromatic N) is 2. The van der Waals surface area contributed by atoms with Crippen molar-refractivity contribution in [2.75, 3.05) is 6.61 Å². The second-order valence-corrected chi connectivity index (χ2v) is 4.91. The molecule has 1 rings (SSSR count). The van der Waals surface area contributed by atoms with Crippen LogP contribution in [0, 0.1) is 20.2 Å². The number of aryl methyl sites for hydroxylation is 1. The van der Waals surface area contributed by atoms with Crippen LogP contribution in [0.5, 0.6) is 0 Å². The molecule has 1 aromatic rings. The van der Waals surface area contributed by atoms with Crippen molar-refractivity contribution in [1.82, 2.24) is 0 Å². The van der Waals surface area contributed by atoms with Gasteiger partial charge in [0.05, 0.1) is 16.5 Å². The predicted molar refractivity (Wildman–Crippen MR) is 76.7 cm³/mol. The Morgan fingerprint density at radius 3 is 1.95 bits per heavy atom. The summed E-state index contributed by atoms with van der Waals surface area (Å²) < 4.78 is 0. The molecule has 0 heterocycles. The molecule has 1 radical (unpaired) electrons. The molecule has 0 spiro atoms. The number of nitro benzene ring substituents is 2. The third-order valence-electron chi connectivity index (χ3n) is 3.29. The molecule has 0 amide bonds. The van der Waals surface area contributed by atoms with Crippen molar-refractivity contribution in [3.8, 4) is 0 Å². The van der Waals surface area contributed by atoms with Gasteiger partial charge in [-0.05, 0) is 24.8 Å². The van der Waals surface area contributed by atoms with E-state index in [1.165, 1.54) is 12.1 Å². The Hall–Kier alpha value is -2.02. The van der Waals surface area contributed by atoms with E-state index in [-0.39, 0.29) is 6.61 Å². The van der Waals surface area contributed by atoms with Crippen molar-refractivity contribution in [2.24, 2.45) is 0 Å². The lowest BCUT2D eigenvalue weighted by atomic mass is 10.0. The van der Waals surface area contributed by atoms with Gasteiger partial charge in [0.1, 0.15) is 0 Å². The molecule has 0 saturated heterocycles. The second kappa shape index (κ2) is 9.02. The van der Waals surface area contributed by atoms with Crippen molar-refractivity contribution >= 4 is 11.4 Å². The number of hydrogen-bond acceptors (Lipinski definition) is 4. The van der Waals surface area contributed by atoms with Crippen LogP contribution in [0.4, 0.5) is 11.4 Å². The summed E-state index contributed by atoms with van der Waals surface area (Å²) in [6.07, 6.45) is 6.27. The van der Waals surface area contributed by atoms with Gasteiger partial charge in [0.2, 0.25) is 0 Å². The fourth-order valence-electron chi connectivity index (χ4n) is 2.16. The van der Waals surface area contributed by atoms with Crippen LogP contribution in [0.15, 0.2) is 18.2 Å². The number of benzene rings is 1. The van der Waals surface area contributed by atoms with E-state index in [0.29, 0.717) is 12.8 Å². The van der Waals surface area contributed by atoms with Crippen molar-refractivity contribution in [2.45, 2.75) is 44.9 Å². The van der Waals surface area contributed by atoms with Crippen molar-refractivity contribution < 1.29 is 15.0 Å². The Bertz CT molecular complexity index is 490. The highest BCUT2D eigenvalue weighted by Gasteiger charge is 2.23. The van der Waals surface area contributed by atoms with E-state index in [9.17, 15) is 25.3 Å². The molecule has 1 aromatic carbocycles. The fourth-order valence-corrected chi connectivity index (χ4v) is 2.16. The Labute approximate surface area is 122 Å². The van der Waals surface area contributed by atoms with Crippen molar-refractivity contribution in [3.63, 3.8) is 0 Å². The van der Waals surface area contributed by atoms with Crippen LogP contribution in [0.2, 0.25) is 0 Å². The maximum Gasteiger partial charge on any atom is 0.346 e. The lowest BCUT2D eigenvalue weighted by Crippen LogP contribution is -1.98. The summed E-state index contributed by atoms with van der Waals surface area (Å²) in [5.74, 6) is 0. The van der Waals surface area contributed by atoms with E-state index >= 15 is 0 Å². The van der Waals surface area contributed by atoms with Gasteiger partial charge in [0.25, 0.3) is 0 Å². The Morgan fingerprint density at radius 1 is 0.810 bits per heavy atom. The lowest BCUT2D eigenvalue weighted by Gasteiger charge is -2.03. The topological polar surface area (TPSA) is 106 Å². The minimum Gasteiger partial charge on any atom is -0.258 e. The van der Waals surface area contributed by atoms with Crippen LogP contribution >= 0.6 is 0 Å². The fraction of sp³-hybridized carbons (Fsp3) is 0.571. The first-order valence-electron chi connectivity index (χ1n) is 7.06. The second-order valence-electron chi connectivity index (χ2n) is 4.91. The first-order valence-corrected chi connectivity index (χ1v) is 7.06. The standard InChI is InChI=1S/C14H19N2O5/c17-10-6-4-2-1-3-5-7-12-8-9-13(15(18)19)14(11-12)16(20)21/h8-9,11H,1-7,10H2. The third-order valence-corrected chi connectivity index (χ3v) is 3.29. The summed E-state index contributed by atoms with van der Waals surface area (Å²) in [5.41, 5.74) is -0.179. The Balaban J connectivity index is 2.47. The van der Waals surface area contributed by atoms with E-state index in [1.54, 1.807) is 6.07 Å². The smallest absolute Gasteiger partial charge is 0.258 e. The van der Waals surface area contributed by atoms with E-state index in [2.05, 4.69) is 0 Å². The number of rotatable bonds is 10. The highest BCUT2D eigenvalue weighted by Crippen LogP contribution is 2.28. The molecule has 7 heteroatoms. The van der Waals surface area contributed by atoms with Crippen LogP contribution in [-0.2, 0) is 11.5 Å². The van der Waals surface area contributed by atoms with Crippen LogP contribution in [0.3, 0.4) is 0 Å². The largest absolute Gasteiger partial charge is 0.346 e. The van der Waals surface area contributed by atoms with Gasteiger partial charge in [0.15, 0.2) is 0 Å². The van der Waals surface area contributed by atoms with Crippen LogP contribution < -0.4 is 0 Å². The number of hydrogen-bond donors (Lipinski definition) is 0. The Morgan fingerprint density at radius 2 is 1.38 bits per heavy atom. The van der Waals surface area contributed by atoms with E-state index in [1.807, 2.05) is 0 Å². The van der Waals surface area contributed by atoms with Crippen molar-refractivity contribution in [3.05, 3.63) is 44.0 Å². The molecule has 0 unspecified atom stereocenters. The van der Waals surface area contributed by atoms with Gasteiger partial charge < -0.3 is 0 Å². The summed E-state index contributed by atoms with van der Waals surface area (Å²) in [5, 5.41) is 31.8. The molecular formula is C14H19N2O5. The van der Waals surface area contributed by atoms with Crippen LogP contribution in [0.1, 0.15) is 44.1 Å². The maximum absolute atomic E-state index is 10.8. The predicted octanol–water partition coefficient (Wildman–Crippen LogP) is 3.82. The Kier molecular flexibility index (Phi) is 7.31. The van der Waals surface area contributed by atoms with E-state index in [4.69, 9.17) is 0 Å². The maximum atomic E-state index is 10.8. The SMILES string of the molecule is [O]CCCCCCCCc1ccc([N+](=O)[O-])c([N+](=O)[O-])c1. The van der Waals surface area contributed by atoms with Gasteiger partial charge in [0, 0.05) is 12.1 Å². The van der Waals surface area contributed by atoms with Gasteiger partial charge in [-0.3, -0.25) is 20.2 Å². The summed E-state index contributed by atoms with van der Waals surface area (Å²) >= 11 is 0. The molecule has 0 aliphatic carbocycles. The minimum absolute atomic E-state index is 0.0214. The molecule has 0 aliphatic heterocycles. The first kappa shape index (κ1) is 17.0. The highest BCUT2D eigenvalue weighted by atomic mass is 16.6. The first-order chi connectivity index (χ1) is 10.1. The molecule has 115 valence electrons. The van der Waals surface area contributed by atoms with Crippen LogP contribution in [0.25, 0.3) is 0 Å². The van der Waals surface area contributed by atoms with Gasteiger partial charge in [-0.2, -0.15) is 0 Å². The molecule has 0 N–H and O–H groups in total. The van der Waals surface area contributed by atoms with Gasteiger partial charge in [-0.1, -0.05) is 31.7 Å². The molecule has 0 aliphatic rings. The molecule has 0 aromatic heterocycles. The third kappa shape index (κ3) is 5.86. The normalized spacial score (nSPS) is 10.5. The van der Waals surface area contributed by atoms with Crippen molar-refractivity contribution in [1.29, 1.82) is 0 Å². The monoisotopic (exact) mass is 295 g/mol. The number of unbranched alkanes of at least 4 members (excludes halogenated alkanes) is 5. The zero-order valence-corrected chi connectivity index (χ0v) is 11.8. The summed E-state index contributed by atoms with van der Waals surface area (Å²) in [7, 11) is 0. The molecule has 7 nitrogen and oxygen atoms in total. The number of nitro groups is 2. The lowest BCUT2D eigenvalue weighted by molar-refractivity contribution is -0.422. The quantitative estimate of drug-likeness (QED) is 0.371. The summed E-state index contributed by atoms with van der Waals surface area (Å²) in [6.45, 7) is -0.0214. The molecule has 0 saturated carbocycles. The van der Waals surface area contributed by atoms with Gasteiger partial charge >= 0.3 is 11.4 Å². The molecule has 0 atom stereocenters. The summed E-state index contributed by atoms with van der Waals surface area (Å²) in [6, 6.07) is 4.06. The molecule has 21 heavy (non-hydrogen) atoms.